The highest BCUT2D eigenvalue weighted by molar-refractivity contribution is 7.89. The summed E-state index contributed by atoms with van der Waals surface area (Å²) in [4.78, 5) is 0.294. The first-order valence-corrected chi connectivity index (χ1v) is 10.7. The molecule has 0 bridgehead atoms. The molecule has 0 aliphatic carbocycles. The molecule has 2 aromatic carbocycles. The van der Waals surface area contributed by atoms with Gasteiger partial charge >= 0.3 is 0 Å². The predicted molar refractivity (Wildman–Crippen MR) is 108 cm³/mol. The predicted octanol–water partition coefficient (Wildman–Crippen LogP) is 3.55. The van der Waals surface area contributed by atoms with Crippen molar-refractivity contribution >= 4 is 10.0 Å². The number of sulfonamides is 1. The average molecular weight is 386 g/mol. The van der Waals surface area contributed by atoms with Crippen LogP contribution < -0.4 is 0 Å². The molecule has 1 heterocycles. The van der Waals surface area contributed by atoms with E-state index in [1.807, 2.05) is 56.3 Å². The lowest BCUT2D eigenvalue weighted by molar-refractivity contribution is 0.0425. The van der Waals surface area contributed by atoms with Crippen LogP contribution in [-0.2, 0) is 16.4 Å². The second-order valence-corrected chi connectivity index (χ2v) is 9.38. The highest BCUT2D eigenvalue weighted by atomic mass is 32.2. The molecule has 0 amide bonds. The molecule has 1 fully saturated rings. The first-order chi connectivity index (χ1) is 12.8. The van der Waals surface area contributed by atoms with E-state index in [1.54, 1.807) is 16.4 Å². The van der Waals surface area contributed by atoms with E-state index in [0.29, 0.717) is 17.7 Å². The lowest BCUT2D eigenvalue weighted by atomic mass is 9.85. The first-order valence-electron chi connectivity index (χ1n) is 9.25. The Hall–Kier alpha value is -1.95. The molecular weight excluding hydrogens is 358 g/mol. The number of hydrogen-bond acceptors (Lipinski definition) is 3. The van der Waals surface area contributed by atoms with Crippen LogP contribution in [-0.4, -0.2) is 36.5 Å². The van der Waals surface area contributed by atoms with Gasteiger partial charge < -0.3 is 5.11 Å². The van der Waals surface area contributed by atoms with E-state index in [2.05, 4.69) is 6.58 Å². The molecule has 27 heavy (non-hydrogen) atoms. The summed E-state index contributed by atoms with van der Waals surface area (Å²) in [6, 6.07) is 16.5. The first kappa shape index (κ1) is 19.8. The molecule has 2 aromatic rings. The number of aliphatic hydroxyl groups excluding tert-OH is 1. The van der Waals surface area contributed by atoms with Gasteiger partial charge in [0.1, 0.15) is 0 Å². The van der Waals surface area contributed by atoms with E-state index in [1.165, 1.54) is 0 Å². The number of hydrogen-bond donors (Lipinski definition) is 1. The molecule has 0 aromatic heterocycles. The normalized spacial score (nSPS) is 23.9. The Morgan fingerprint density at radius 3 is 2.37 bits per heavy atom. The fraction of sp³-hybridized carbons (Fsp3) is 0.364. The van der Waals surface area contributed by atoms with Crippen LogP contribution in [0.15, 0.2) is 71.6 Å². The van der Waals surface area contributed by atoms with E-state index in [9.17, 15) is 13.5 Å². The molecule has 1 aliphatic rings. The Balaban J connectivity index is 1.97. The minimum absolute atomic E-state index is 0.253. The highest BCUT2D eigenvalue weighted by Crippen LogP contribution is 2.33. The summed E-state index contributed by atoms with van der Waals surface area (Å²) in [6.07, 6.45) is 0.393. The Morgan fingerprint density at radius 1 is 1.15 bits per heavy atom. The van der Waals surface area contributed by atoms with E-state index in [0.717, 1.165) is 16.7 Å². The van der Waals surface area contributed by atoms with E-state index in [4.69, 9.17) is 0 Å². The maximum Gasteiger partial charge on any atom is 0.243 e. The van der Waals surface area contributed by atoms with Crippen molar-refractivity contribution in [3.05, 3.63) is 77.9 Å². The Kier molecular flexibility index (Phi) is 5.84. The lowest BCUT2D eigenvalue weighted by Gasteiger charge is -2.42. The maximum atomic E-state index is 13.4. The second-order valence-electron chi connectivity index (χ2n) is 7.49. The van der Waals surface area contributed by atoms with E-state index < -0.39 is 16.1 Å². The van der Waals surface area contributed by atoms with Crippen molar-refractivity contribution in [3.63, 3.8) is 0 Å². The van der Waals surface area contributed by atoms with Gasteiger partial charge in [-0.2, -0.15) is 4.31 Å². The molecule has 1 saturated heterocycles. The van der Waals surface area contributed by atoms with Crippen LogP contribution in [0.3, 0.4) is 0 Å². The number of aryl methyl sites for hydroxylation is 1. The molecule has 1 N–H and O–H groups in total. The van der Waals surface area contributed by atoms with Crippen molar-refractivity contribution in [3.8, 4) is 0 Å². The third-order valence-electron chi connectivity index (χ3n) is 5.34. The minimum Gasteiger partial charge on any atom is -0.392 e. The molecule has 1 aliphatic heterocycles. The van der Waals surface area contributed by atoms with Crippen LogP contribution in [0.2, 0.25) is 0 Å². The second kappa shape index (κ2) is 7.97. The lowest BCUT2D eigenvalue weighted by Crippen LogP contribution is -2.53. The number of nitrogens with zero attached hydrogens (tertiary/aromatic N) is 1. The Morgan fingerprint density at radius 2 is 1.78 bits per heavy atom. The molecule has 0 spiro atoms. The van der Waals surface area contributed by atoms with Gasteiger partial charge in [-0.15, -0.1) is 0 Å². The SMILES string of the molecule is C=C(C)[C@H]1CN(S(=O)(=O)c2ccc(C)cc2)[C@@H](Cc2ccccc2)C[C@@H]1O. The van der Waals surface area contributed by atoms with Crippen molar-refractivity contribution in [1.29, 1.82) is 0 Å². The molecule has 144 valence electrons. The summed E-state index contributed by atoms with van der Waals surface area (Å²) in [6.45, 7) is 7.99. The van der Waals surface area contributed by atoms with Gasteiger partial charge in [0.2, 0.25) is 10.0 Å². The average Bonchev–Trinajstić information content (AvgIpc) is 2.62. The summed E-state index contributed by atoms with van der Waals surface area (Å²) >= 11 is 0. The van der Waals surface area contributed by atoms with E-state index in [-0.39, 0.29) is 18.5 Å². The van der Waals surface area contributed by atoms with Crippen molar-refractivity contribution in [1.82, 2.24) is 4.31 Å². The molecule has 4 nitrogen and oxygen atoms in total. The van der Waals surface area contributed by atoms with Gasteiger partial charge in [-0.25, -0.2) is 8.42 Å². The number of benzene rings is 2. The molecular formula is C22H27NO3S. The van der Waals surface area contributed by atoms with Crippen molar-refractivity contribution in [2.45, 2.75) is 43.7 Å². The van der Waals surface area contributed by atoms with Crippen LogP contribution in [0.5, 0.6) is 0 Å². The molecule has 5 heteroatoms. The van der Waals surface area contributed by atoms with Gasteiger partial charge in [-0.1, -0.05) is 60.2 Å². The fourth-order valence-corrected chi connectivity index (χ4v) is 5.38. The molecule has 0 radical (unpaired) electrons. The van der Waals surface area contributed by atoms with Gasteiger partial charge in [0.05, 0.1) is 11.0 Å². The highest BCUT2D eigenvalue weighted by Gasteiger charge is 2.41. The largest absolute Gasteiger partial charge is 0.392 e. The van der Waals surface area contributed by atoms with Crippen molar-refractivity contribution in [2.24, 2.45) is 5.92 Å². The summed E-state index contributed by atoms with van der Waals surface area (Å²) < 4.78 is 28.3. The van der Waals surface area contributed by atoms with Crippen LogP contribution in [0.25, 0.3) is 0 Å². The molecule has 3 atom stereocenters. The third kappa shape index (κ3) is 4.32. The zero-order valence-corrected chi connectivity index (χ0v) is 16.7. The summed E-state index contributed by atoms with van der Waals surface area (Å²) in [5, 5.41) is 10.6. The number of aliphatic hydroxyl groups is 1. The van der Waals surface area contributed by atoms with Crippen molar-refractivity contribution in [2.75, 3.05) is 6.54 Å². The smallest absolute Gasteiger partial charge is 0.243 e. The quantitative estimate of drug-likeness (QED) is 0.801. The van der Waals surface area contributed by atoms with Crippen LogP contribution in [0.1, 0.15) is 24.5 Å². The maximum absolute atomic E-state index is 13.4. The van der Waals surface area contributed by atoms with Crippen LogP contribution in [0.4, 0.5) is 0 Å². The topological polar surface area (TPSA) is 57.6 Å². The monoisotopic (exact) mass is 385 g/mol. The van der Waals surface area contributed by atoms with Gasteiger partial charge in [0.15, 0.2) is 0 Å². The number of rotatable bonds is 5. The Bertz CT molecular complexity index is 891. The van der Waals surface area contributed by atoms with Gasteiger partial charge in [0.25, 0.3) is 0 Å². The van der Waals surface area contributed by atoms with E-state index >= 15 is 0 Å². The van der Waals surface area contributed by atoms with Gasteiger partial charge in [-0.05, 0) is 44.4 Å². The Labute approximate surface area is 162 Å². The molecule has 0 unspecified atom stereocenters. The van der Waals surface area contributed by atoms with Gasteiger partial charge in [0, 0.05) is 18.5 Å². The fourth-order valence-electron chi connectivity index (χ4n) is 3.72. The minimum atomic E-state index is -3.66. The summed E-state index contributed by atoms with van der Waals surface area (Å²) in [5.74, 6) is -0.253. The van der Waals surface area contributed by atoms with Crippen LogP contribution >= 0.6 is 0 Å². The van der Waals surface area contributed by atoms with Gasteiger partial charge in [-0.3, -0.25) is 0 Å². The van der Waals surface area contributed by atoms with Crippen LogP contribution in [0, 0.1) is 12.8 Å². The number of piperidine rings is 1. The third-order valence-corrected chi connectivity index (χ3v) is 7.27. The molecule has 0 saturated carbocycles. The zero-order chi connectivity index (χ0) is 19.6. The summed E-state index contributed by atoms with van der Waals surface area (Å²) in [7, 11) is -3.66. The standard InChI is InChI=1S/C22H27NO3S/c1-16(2)21-15-23(27(25,26)20-11-9-17(3)10-12-20)19(14-22(21)24)13-18-7-5-4-6-8-18/h4-12,19,21-22,24H,1,13-15H2,2-3H3/t19-,21+,22-/m0/s1. The molecule has 3 rings (SSSR count). The van der Waals surface area contributed by atoms with Crippen molar-refractivity contribution < 1.29 is 13.5 Å². The summed E-state index contributed by atoms with van der Waals surface area (Å²) in [5.41, 5.74) is 2.89. The zero-order valence-electron chi connectivity index (χ0n) is 15.9.